The zero-order valence-electron chi connectivity index (χ0n) is 19.5. The molecule has 0 radical (unpaired) electrons. The summed E-state index contributed by atoms with van der Waals surface area (Å²) in [5, 5.41) is 2.99. The second-order valence-corrected chi connectivity index (χ2v) is 8.48. The molecule has 2 amide bonds. The predicted molar refractivity (Wildman–Crippen MR) is 131 cm³/mol. The number of para-hydroxylation sites is 1. The summed E-state index contributed by atoms with van der Waals surface area (Å²) in [5.41, 5.74) is 3.10. The summed E-state index contributed by atoms with van der Waals surface area (Å²) in [6, 6.07) is 26.3. The number of nitrogens with one attached hydrogen (secondary N) is 1. The summed E-state index contributed by atoms with van der Waals surface area (Å²) in [6.45, 7) is 6.04. The third kappa shape index (κ3) is 7.49. The molecule has 5 heteroatoms. The summed E-state index contributed by atoms with van der Waals surface area (Å²) >= 11 is 0. The Hall–Kier alpha value is -3.60. The lowest BCUT2D eigenvalue weighted by Gasteiger charge is -2.32. The van der Waals surface area contributed by atoms with Crippen LogP contribution in [0, 0.1) is 6.92 Å². The van der Waals surface area contributed by atoms with Gasteiger partial charge in [0.1, 0.15) is 11.8 Å². The fraction of sp³-hybridized carbons (Fsp3) is 0.286. The fourth-order valence-corrected chi connectivity index (χ4v) is 3.57. The number of carbonyl (C=O) groups is 2. The molecule has 0 saturated carbocycles. The number of benzene rings is 3. The van der Waals surface area contributed by atoms with Crippen LogP contribution in [-0.4, -0.2) is 35.4 Å². The molecule has 3 rings (SSSR count). The van der Waals surface area contributed by atoms with Crippen LogP contribution in [0.2, 0.25) is 0 Å². The predicted octanol–water partition coefficient (Wildman–Crippen LogP) is 4.54. The van der Waals surface area contributed by atoms with Crippen molar-refractivity contribution < 1.29 is 14.3 Å². The van der Waals surface area contributed by atoms with E-state index in [-0.39, 0.29) is 24.5 Å². The average molecular weight is 445 g/mol. The highest BCUT2D eigenvalue weighted by molar-refractivity contribution is 5.88. The number of hydrogen-bond acceptors (Lipinski definition) is 3. The first-order chi connectivity index (χ1) is 15.9. The van der Waals surface area contributed by atoms with Gasteiger partial charge < -0.3 is 15.0 Å². The minimum atomic E-state index is -0.664. The van der Waals surface area contributed by atoms with Crippen LogP contribution in [0.25, 0.3) is 0 Å². The van der Waals surface area contributed by atoms with Gasteiger partial charge in [-0.3, -0.25) is 9.59 Å². The van der Waals surface area contributed by atoms with E-state index in [0.29, 0.717) is 18.7 Å². The van der Waals surface area contributed by atoms with Crippen LogP contribution >= 0.6 is 0 Å². The lowest BCUT2D eigenvalue weighted by atomic mass is 10.0. The van der Waals surface area contributed by atoms with Crippen molar-refractivity contribution in [3.8, 4) is 5.75 Å². The quantitative estimate of drug-likeness (QED) is 0.500. The van der Waals surface area contributed by atoms with Crippen molar-refractivity contribution in [1.82, 2.24) is 10.2 Å². The second kappa shape index (κ2) is 11.9. The van der Waals surface area contributed by atoms with Crippen LogP contribution in [-0.2, 0) is 22.6 Å². The maximum Gasteiger partial charge on any atom is 0.261 e. The smallest absolute Gasteiger partial charge is 0.261 e. The molecular weight excluding hydrogens is 412 g/mol. The number of ether oxygens (including phenoxy) is 1. The molecule has 0 saturated heterocycles. The van der Waals surface area contributed by atoms with Gasteiger partial charge in [-0.1, -0.05) is 78.4 Å². The standard InChI is InChI=1S/C28H32N2O3/c1-21(2)29-28(32)26(18-23-10-6-4-7-11-23)30(19-24-16-14-22(3)15-17-24)27(31)20-33-25-12-8-5-9-13-25/h4-17,21,26H,18-20H2,1-3H3,(H,29,32)/t26-/m0/s1. The third-order valence-electron chi connectivity index (χ3n) is 5.28. The molecule has 3 aromatic rings. The van der Waals surface area contributed by atoms with Gasteiger partial charge in [0.25, 0.3) is 5.91 Å². The zero-order chi connectivity index (χ0) is 23.6. The summed E-state index contributed by atoms with van der Waals surface area (Å²) < 4.78 is 5.74. The van der Waals surface area contributed by atoms with Crippen molar-refractivity contribution >= 4 is 11.8 Å². The molecule has 172 valence electrons. The molecule has 1 atom stereocenters. The van der Waals surface area contributed by atoms with Gasteiger partial charge in [-0.2, -0.15) is 0 Å². The number of aryl methyl sites for hydroxylation is 1. The number of nitrogens with zero attached hydrogens (tertiary/aromatic N) is 1. The van der Waals surface area contributed by atoms with E-state index in [4.69, 9.17) is 4.74 Å². The zero-order valence-corrected chi connectivity index (χ0v) is 19.5. The Morgan fingerprint density at radius 2 is 1.45 bits per heavy atom. The number of carbonyl (C=O) groups excluding carboxylic acids is 2. The Balaban J connectivity index is 1.89. The van der Waals surface area contributed by atoms with Crippen LogP contribution < -0.4 is 10.1 Å². The molecule has 0 aliphatic heterocycles. The van der Waals surface area contributed by atoms with Gasteiger partial charge in [0.15, 0.2) is 6.61 Å². The molecule has 0 aromatic heterocycles. The van der Waals surface area contributed by atoms with Gasteiger partial charge in [-0.05, 0) is 44.0 Å². The van der Waals surface area contributed by atoms with Crippen molar-refractivity contribution in [2.75, 3.05) is 6.61 Å². The number of rotatable bonds is 10. The number of amides is 2. The molecule has 0 aliphatic carbocycles. The molecule has 33 heavy (non-hydrogen) atoms. The van der Waals surface area contributed by atoms with E-state index in [0.717, 1.165) is 16.7 Å². The van der Waals surface area contributed by atoms with Crippen LogP contribution in [0.15, 0.2) is 84.9 Å². The SMILES string of the molecule is Cc1ccc(CN(C(=O)COc2ccccc2)[C@@H](Cc2ccccc2)C(=O)NC(C)C)cc1. The molecule has 0 unspecified atom stereocenters. The normalized spacial score (nSPS) is 11.6. The number of hydrogen-bond donors (Lipinski definition) is 1. The fourth-order valence-electron chi connectivity index (χ4n) is 3.57. The highest BCUT2D eigenvalue weighted by Crippen LogP contribution is 2.17. The van der Waals surface area contributed by atoms with Gasteiger partial charge in [0.05, 0.1) is 0 Å². The molecule has 3 aromatic carbocycles. The van der Waals surface area contributed by atoms with Gasteiger partial charge in [0, 0.05) is 19.0 Å². The minimum Gasteiger partial charge on any atom is -0.484 e. The first-order valence-electron chi connectivity index (χ1n) is 11.3. The Morgan fingerprint density at radius 1 is 0.848 bits per heavy atom. The Morgan fingerprint density at radius 3 is 2.06 bits per heavy atom. The average Bonchev–Trinajstić information content (AvgIpc) is 2.82. The van der Waals surface area contributed by atoms with Crippen molar-refractivity contribution in [3.63, 3.8) is 0 Å². The van der Waals surface area contributed by atoms with Crippen molar-refractivity contribution in [2.24, 2.45) is 0 Å². The van der Waals surface area contributed by atoms with Crippen LogP contribution in [0.5, 0.6) is 5.75 Å². The van der Waals surface area contributed by atoms with Gasteiger partial charge >= 0.3 is 0 Å². The van der Waals surface area contributed by atoms with Crippen molar-refractivity contribution in [3.05, 3.63) is 102 Å². The molecule has 0 bridgehead atoms. The first-order valence-corrected chi connectivity index (χ1v) is 11.3. The monoisotopic (exact) mass is 444 g/mol. The molecule has 0 spiro atoms. The topological polar surface area (TPSA) is 58.6 Å². The lowest BCUT2D eigenvalue weighted by molar-refractivity contribution is -0.143. The summed E-state index contributed by atoms with van der Waals surface area (Å²) in [5.74, 6) is 0.209. The lowest BCUT2D eigenvalue weighted by Crippen LogP contribution is -2.52. The molecule has 0 heterocycles. The molecule has 0 fully saturated rings. The van der Waals surface area contributed by atoms with Crippen LogP contribution in [0.4, 0.5) is 0 Å². The van der Waals surface area contributed by atoms with Crippen LogP contribution in [0.1, 0.15) is 30.5 Å². The van der Waals surface area contributed by atoms with Gasteiger partial charge in [-0.15, -0.1) is 0 Å². The molecule has 5 nitrogen and oxygen atoms in total. The summed E-state index contributed by atoms with van der Waals surface area (Å²) in [7, 11) is 0. The minimum absolute atomic E-state index is 0.0346. The first kappa shape index (κ1) is 24.1. The third-order valence-corrected chi connectivity index (χ3v) is 5.28. The highest BCUT2D eigenvalue weighted by Gasteiger charge is 2.31. The Labute approximate surface area is 196 Å². The van der Waals surface area contributed by atoms with Gasteiger partial charge in [0.2, 0.25) is 5.91 Å². The highest BCUT2D eigenvalue weighted by atomic mass is 16.5. The summed E-state index contributed by atoms with van der Waals surface area (Å²) in [4.78, 5) is 28.3. The van der Waals surface area contributed by atoms with E-state index >= 15 is 0 Å². The van der Waals surface area contributed by atoms with Crippen LogP contribution in [0.3, 0.4) is 0 Å². The molecular formula is C28H32N2O3. The Kier molecular flexibility index (Phi) is 8.64. The second-order valence-electron chi connectivity index (χ2n) is 8.48. The Bertz CT molecular complexity index is 1020. The molecule has 0 aliphatic rings. The van der Waals surface area contributed by atoms with E-state index in [2.05, 4.69) is 5.32 Å². The maximum atomic E-state index is 13.4. The van der Waals surface area contributed by atoms with Crippen molar-refractivity contribution in [1.29, 1.82) is 0 Å². The van der Waals surface area contributed by atoms with E-state index < -0.39 is 6.04 Å². The van der Waals surface area contributed by atoms with E-state index in [1.807, 2.05) is 106 Å². The molecule has 1 N–H and O–H groups in total. The van der Waals surface area contributed by atoms with Gasteiger partial charge in [-0.25, -0.2) is 0 Å². The maximum absolute atomic E-state index is 13.4. The van der Waals surface area contributed by atoms with Crippen molar-refractivity contribution in [2.45, 2.75) is 45.8 Å². The van der Waals surface area contributed by atoms with E-state index in [1.165, 1.54) is 0 Å². The van der Waals surface area contributed by atoms with E-state index in [1.54, 1.807) is 4.90 Å². The summed E-state index contributed by atoms with van der Waals surface area (Å²) in [6.07, 6.45) is 0.419. The largest absolute Gasteiger partial charge is 0.484 e. The van der Waals surface area contributed by atoms with E-state index in [9.17, 15) is 9.59 Å².